The van der Waals surface area contributed by atoms with E-state index in [2.05, 4.69) is 53.1 Å². The smallest absolute Gasteiger partial charge is 0.249 e. The van der Waals surface area contributed by atoms with Gasteiger partial charge in [0.15, 0.2) is 0 Å². The molecule has 2 aromatic carbocycles. The molecule has 0 bridgehead atoms. The van der Waals surface area contributed by atoms with Crippen LogP contribution in [0.5, 0.6) is 0 Å². The minimum atomic E-state index is -0.420. The number of benzene rings is 2. The molecule has 0 aliphatic heterocycles. The highest BCUT2D eigenvalue weighted by molar-refractivity contribution is 9.11. The molecule has 20 heavy (non-hydrogen) atoms. The number of nitrogens with two attached hydrogens (primary N) is 1. The van der Waals surface area contributed by atoms with Gasteiger partial charge in [-0.3, -0.25) is 4.79 Å². The van der Waals surface area contributed by atoms with Gasteiger partial charge >= 0.3 is 0 Å². The number of carbonyl (C=O) groups is 1. The van der Waals surface area contributed by atoms with Crippen LogP contribution in [-0.2, 0) is 6.54 Å². The SMILES string of the molecule is NC(=O)c1ccccc1CNc1c(Br)cc(Br)cc1Br. The molecule has 1 amide bonds. The third kappa shape index (κ3) is 3.62. The second kappa shape index (κ2) is 6.74. The van der Waals surface area contributed by atoms with Crippen molar-refractivity contribution in [3.8, 4) is 0 Å². The lowest BCUT2D eigenvalue weighted by molar-refractivity contribution is 0.0999. The van der Waals surface area contributed by atoms with E-state index in [0.717, 1.165) is 24.7 Å². The standard InChI is InChI=1S/C14H11Br3N2O/c15-9-5-11(16)13(12(17)6-9)19-7-8-3-1-2-4-10(8)14(18)20/h1-6,19H,7H2,(H2,18,20). The summed E-state index contributed by atoms with van der Waals surface area (Å²) in [4.78, 5) is 11.4. The van der Waals surface area contributed by atoms with Crippen molar-refractivity contribution in [3.05, 3.63) is 60.9 Å². The van der Waals surface area contributed by atoms with Crippen LogP contribution in [0.4, 0.5) is 5.69 Å². The second-order valence-electron chi connectivity index (χ2n) is 4.12. The predicted molar refractivity (Wildman–Crippen MR) is 91.8 cm³/mol. The Hall–Kier alpha value is -0.850. The first-order valence-corrected chi connectivity index (χ1v) is 8.13. The monoisotopic (exact) mass is 460 g/mol. The number of primary amides is 1. The average Bonchev–Trinajstić information content (AvgIpc) is 2.37. The van der Waals surface area contributed by atoms with Gasteiger partial charge in [-0.25, -0.2) is 0 Å². The van der Waals surface area contributed by atoms with E-state index in [1.165, 1.54) is 0 Å². The molecule has 0 saturated heterocycles. The van der Waals surface area contributed by atoms with Crippen molar-refractivity contribution in [2.45, 2.75) is 6.54 Å². The highest BCUT2D eigenvalue weighted by atomic mass is 79.9. The van der Waals surface area contributed by atoms with Crippen LogP contribution in [0, 0.1) is 0 Å². The number of hydrogen-bond donors (Lipinski definition) is 2. The molecule has 0 unspecified atom stereocenters. The van der Waals surface area contributed by atoms with E-state index in [1.807, 2.05) is 24.3 Å². The molecule has 3 N–H and O–H groups in total. The molecule has 0 heterocycles. The van der Waals surface area contributed by atoms with Crippen molar-refractivity contribution in [3.63, 3.8) is 0 Å². The second-order valence-corrected chi connectivity index (χ2v) is 6.74. The highest BCUT2D eigenvalue weighted by Gasteiger charge is 2.10. The lowest BCUT2D eigenvalue weighted by atomic mass is 10.1. The Kier molecular flexibility index (Phi) is 5.23. The third-order valence-electron chi connectivity index (χ3n) is 2.75. The maximum Gasteiger partial charge on any atom is 0.249 e. The molecule has 0 atom stereocenters. The largest absolute Gasteiger partial charge is 0.379 e. The van der Waals surface area contributed by atoms with Crippen molar-refractivity contribution in [2.75, 3.05) is 5.32 Å². The van der Waals surface area contributed by atoms with E-state index in [0.29, 0.717) is 12.1 Å². The molecule has 0 saturated carbocycles. The molecule has 0 aromatic heterocycles. The summed E-state index contributed by atoms with van der Waals surface area (Å²) in [5, 5.41) is 3.30. The summed E-state index contributed by atoms with van der Waals surface area (Å²) >= 11 is 10.4. The maximum atomic E-state index is 11.4. The molecular weight excluding hydrogens is 452 g/mol. The minimum absolute atomic E-state index is 0.420. The Morgan fingerprint density at radius 3 is 2.30 bits per heavy atom. The third-order valence-corrected chi connectivity index (χ3v) is 4.45. The quantitative estimate of drug-likeness (QED) is 0.692. The molecule has 0 fully saturated rings. The van der Waals surface area contributed by atoms with Crippen LogP contribution >= 0.6 is 47.8 Å². The summed E-state index contributed by atoms with van der Waals surface area (Å²) in [6, 6.07) is 11.2. The van der Waals surface area contributed by atoms with Crippen molar-refractivity contribution in [1.82, 2.24) is 0 Å². The zero-order chi connectivity index (χ0) is 14.7. The number of rotatable bonds is 4. The summed E-state index contributed by atoms with van der Waals surface area (Å²) in [7, 11) is 0. The van der Waals surface area contributed by atoms with Gasteiger partial charge in [-0.15, -0.1) is 0 Å². The molecule has 0 aliphatic rings. The Morgan fingerprint density at radius 1 is 1.10 bits per heavy atom. The first-order chi connectivity index (χ1) is 9.49. The summed E-state index contributed by atoms with van der Waals surface area (Å²) in [5.74, 6) is -0.420. The zero-order valence-electron chi connectivity index (χ0n) is 10.3. The van der Waals surface area contributed by atoms with E-state index in [9.17, 15) is 4.79 Å². The Bertz CT molecular complexity index is 636. The number of nitrogens with one attached hydrogen (secondary N) is 1. The number of amides is 1. The van der Waals surface area contributed by atoms with Gasteiger partial charge in [-0.05, 0) is 55.6 Å². The van der Waals surface area contributed by atoms with E-state index in [4.69, 9.17) is 5.73 Å². The molecule has 0 radical (unpaired) electrons. The highest BCUT2D eigenvalue weighted by Crippen LogP contribution is 2.34. The molecule has 104 valence electrons. The maximum absolute atomic E-state index is 11.4. The van der Waals surface area contributed by atoms with Gasteiger partial charge in [-0.2, -0.15) is 0 Å². The summed E-state index contributed by atoms with van der Waals surface area (Å²) in [6.07, 6.45) is 0. The summed E-state index contributed by atoms with van der Waals surface area (Å²) in [5.41, 5.74) is 7.69. The van der Waals surface area contributed by atoms with Gasteiger partial charge < -0.3 is 11.1 Å². The van der Waals surface area contributed by atoms with Crippen LogP contribution in [-0.4, -0.2) is 5.91 Å². The van der Waals surface area contributed by atoms with Gasteiger partial charge in [0.05, 0.1) is 5.69 Å². The molecule has 2 aromatic rings. The summed E-state index contributed by atoms with van der Waals surface area (Å²) < 4.78 is 2.82. The normalized spacial score (nSPS) is 10.3. The van der Waals surface area contributed by atoms with Crippen LogP contribution in [0.15, 0.2) is 49.8 Å². The molecule has 3 nitrogen and oxygen atoms in total. The van der Waals surface area contributed by atoms with E-state index in [1.54, 1.807) is 12.1 Å². The molecule has 0 spiro atoms. The minimum Gasteiger partial charge on any atom is -0.379 e. The van der Waals surface area contributed by atoms with E-state index in [-0.39, 0.29) is 0 Å². The summed E-state index contributed by atoms with van der Waals surface area (Å²) in [6.45, 7) is 0.512. The topological polar surface area (TPSA) is 55.1 Å². The Labute approximate surface area is 142 Å². The van der Waals surface area contributed by atoms with Crippen LogP contribution < -0.4 is 11.1 Å². The fraction of sp³-hybridized carbons (Fsp3) is 0.0714. The van der Waals surface area contributed by atoms with Gasteiger partial charge in [-0.1, -0.05) is 34.1 Å². The molecule has 2 rings (SSSR count). The molecule has 0 aliphatic carbocycles. The number of hydrogen-bond acceptors (Lipinski definition) is 2. The first-order valence-electron chi connectivity index (χ1n) is 5.75. The molecular formula is C14H11Br3N2O. The van der Waals surface area contributed by atoms with Gasteiger partial charge in [0.1, 0.15) is 0 Å². The average molecular weight is 463 g/mol. The van der Waals surface area contributed by atoms with Crippen LogP contribution in [0.1, 0.15) is 15.9 Å². The Balaban J connectivity index is 2.24. The fourth-order valence-electron chi connectivity index (χ4n) is 1.81. The Morgan fingerprint density at radius 2 is 1.70 bits per heavy atom. The van der Waals surface area contributed by atoms with E-state index < -0.39 is 5.91 Å². The van der Waals surface area contributed by atoms with Crippen molar-refractivity contribution >= 4 is 59.4 Å². The van der Waals surface area contributed by atoms with Crippen LogP contribution in [0.3, 0.4) is 0 Å². The van der Waals surface area contributed by atoms with Gasteiger partial charge in [0.2, 0.25) is 5.91 Å². The first kappa shape index (κ1) is 15.5. The number of carbonyl (C=O) groups excluding carboxylic acids is 1. The van der Waals surface area contributed by atoms with Gasteiger partial charge in [0, 0.05) is 25.5 Å². The molecule has 6 heteroatoms. The predicted octanol–water partition coefficient (Wildman–Crippen LogP) is 4.69. The number of anilines is 1. The van der Waals surface area contributed by atoms with Crippen LogP contribution in [0.25, 0.3) is 0 Å². The van der Waals surface area contributed by atoms with Gasteiger partial charge in [0.25, 0.3) is 0 Å². The van der Waals surface area contributed by atoms with Crippen molar-refractivity contribution < 1.29 is 4.79 Å². The number of halogens is 3. The van der Waals surface area contributed by atoms with E-state index >= 15 is 0 Å². The lowest BCUT2D eigenvalue weighted by Gasteiger charge is -2.13. The van der Waals surface area contributed by atoms with Crippen LogP contribution in [0.2, 0.25) is 0 Å². The zero-order valence-corrected chi connectivity index (χ0v) is 15.0. The lowest BCUT2D eigenvalue weighted by Crippen LogP contribution is -2.15. The van der Waals surface area contributed by atoms with Crippen molar-refractivity contribution in [2.24, 2.45) is 5.73 Å². The fourth-order valence-corrected chi connectivity index (χ4v) is 4.35. The van der Waals surface area contributed by atoms with Crippen molar-refractivity contribution in [1.29, 1.82) is 0 Å².